The van der Waals surface area contributed by atoms with E-state index in [-0.39, 0.29) is 11.3 Å². The molecule has 0 fully saturated rings. The Kier molecular flexibility index (Phi) is 4.08. The van der Waals surface area contributed by atoms with Crippen LogP contribution in [0.1, 0.15) is 21.6 Å². The molecule has 2 aromatic rings. The molecule has 8 heteroatoms. The van der Waals surface area contributed by atoms with E-state index < -0.39 is 23.3 Å². The average Bonchev–Trinajstić information content (AvgIpc) is 2.85. The number of imidazole rings is 1. The molecule has 1 aromatic carbocycles. The Labute approximate surface area is 117 Å². The maximum absolute atomic E-state index is 13.4. The van der Waals surface area contributed by atoms with E-state index in [1.54, 1.807) is 4.57 Å². The van der Waals surface area contributed by atoms with Gasteiger partial charge in [-0.05, 0) is 12.1 Å². The molecule has 1 heterocycles. The van der Waals surface area contributed by atoms with Crippen LogP contribution in [-0.2, 0) is 12.7 Å². The second kappa shape index (κ2) is 5.65. The molecule has 0 aliphatic carbocycles. The van der Waals surface area contributed by atoms with Crippen LogP contribution in [0.3, 0.4) is 0 Å². The van der Waals surface area contributed by atoms with Crippen molar-refractivity contribution >= 4 is 5.78 Å². The van der Waals surface area contributed by atoms with Crippen LogP contribution in [0.5, 0.6) is 0 Å². The first-order valence-electron chi connectivity index (χ1n) is 5.96. The number of halogens is 4. The Hall–Kier alpha value is -2.22. The molecule has 0 spiro atoms. The Balaban J connectivity index is 2.29. The van der Waals surface area contributed by atoms with Crippen LogP contribution in [0.25, 0.3) is 0 Å². The maximum Gasteiger partial charge on any atom is 0.419 e. The molecule has 0 radical (unpaired) electrons. The van der Waals surface area contributed by atoms with Crippen molar-refractivity contribution < 1.29 is 22.4 Å². The number of hydrogen-bond acceptors (Lipinski definition) is 3. The lowest BCUT2D eigenvalue weighted by molar-refractivity contribution is -0.140. The fourth-order valence-corrected chi connectivity index (χ4v) is 1.78. The van der Waals surface area contributed by atoms with Gasteiger partial charge in [0.1, 0.15) is 11.5 Å². The summed E-state index contributed by atoms with van der Waals surface area (Å²) < 4.78 is 52.3. The zero-order valence-electron chi connectivity index (χ0n) is 10.7. The Morgan fingerprint density at radius 3 is 2.62 bits per heavy atom. The van der Waals surface area contributed by atoms with Crippen LogP contribution in [0.2, 0.25) is 0 Å². The van der Waals surface area contributed by atoms with Crippen molar-refractivity contribution in [2.24, 2.45) is 5.73 Å². The topological polar surface area (TPSA) is 60.9 Å². The van der Waals surface area contributed by atoms with E-state index in [0.29, 0.717) is 25.2 Å². The van der Waals surface area contributed by atoms with Gasteiger partial charge in [-0.2, -0.15) is 13.2 Å². The van der Waals surface area contributed by atoms with Gasteiger partial charge in [0.2, 0.25) is 5.78 Å². The summed E-state index contributed by atoms with van der Waals surface area (Å²) in [5.74, 6) is -2.15. The third kappa shape index (κ3) is 3.27. The highest BCUT2D eigenvalue weighted by atomic mass is 19.4. The Morgan fingerprint density at radius 1 is 1.33 bits per heavy atom. The predicted molar refractivity (Wildman–Crippen MR) is 66.1 cm³/mol. The summed E-state index contributed by atoms with van der Waals surface area (Å²) in [4.78, 5) is 15.8. The largest absolute Gasteiger partial charge is 0.419 e. The maximum atomic E-state index is 13.4. The third-order valence-electron chi connectivity index (χ3n) is 2.79. The van der Waals surface area contributed by atoms with Gasteiger partial charge in [-0.15, -0.1) is 0 Å². The summed E-state index contributed by atoms with van der Waals surface area (Å²) in [5.41, 5.74) is 3.76. The molecule has 0 aliphatic heterocycles. The predicted octanol–water partition coefficient (Wildman–Crippen LogP) is 2.23. The number of carbonyl (C=O) groups is 1. The van der Waals surface area contributed by atoms with Crippen molar-refractivity contribution in [3.8, 4) is 0 Å². The molecule has 0 saturated heterocycles. The minimum absolute atomic E-state index is 0.0163. The van der Waals surface area contributed by atoms with E-state index in [0.717, 1.165) is 6.07 Å². The Bertz CT molecular complexity index is 664. The second-order valence-electron chi connectivity index (χ2n) is 4.31. The normalized spacial score (nSPS) is 11.7. The first-order valence-corrected chi connectivity index (χ1v) is 5.96. The first kappa shape index (κ1) is 15.2. The van der Waals surface area contributed by atoms with Crippen LogP contribution in [-0.4, -0.2) is 21.9 Å². The van der Waals surface area contributed by atoms with Crippen LogP contribution in [0.4, 0.5) is 17.6 Å². The Morgan fingerprint density at radius 2 is 2.05 bits per heavy atom. The van der Waals surface area contributed by atoms with E-state index in [4.69, 9.17) is 5.73 Å². The van der Waals surface area contributed by atoms with Gasteiger partial charge in [0.15, 0.2) is 0 Å². The van der Waals surface area contributed by atoms with Gasteiger partial charge < -0.3 is 10.3 Å². The molecular formula is C13H11F4N3O. The van der Waals surface area contributed by atoms with E-state index in [9.17, 15) is 22.4 Å². The standard InChI is InChI=1S/C13H11F4N3O/c14-10-5-8(1-2-9(10)13(15,16)17)12(21)11-6-20(4-3-18)7-19-11/h1-2,5-7H,3-4,18H2. The van der Waals surface area contributed by atoms with Crippen molar-refractivity contribution in [2.75, 3.05) is 6.54 Å². The smallest absolute Gasteiger partial charge is 0.335 e. The van der Waals surface area contributed by atoms with Gasteiger partial charge in [0.25, 0.3) is 0 Å². The summed E-state index contributed by atoms with van der Waals surface area (Å²) >= 11 is 0. The fourth-order valence-electron chi connectivity index (χ4n) is 1.78. The number of aromatic nitrogens is 2. The molecule has 112 valence electrons. The zero-order valence-corrected chi connectivity index (χ0v) is 10.7. The fraction of sp³-hybridized carbons (Fsp3) is 0.231. The average molecular weight is 301 g/mol. The van der Waals surface area contributed by atoms with Crippen LogP contribution in [0.15, 0.2) is 30.7 Å². The van der Waals surface area contributed by atoms with Crippen LogP contribution in [0, 0.1) is 5.82 Å². The van der Waals surface area contributed by atoms with Crippen molar-refractivity contribution in [1.29, 1.82) is 0 Å². The van der Waals surface area contributed by atoms with Gasteiger partial charge >= 0.3 is 6.18 Å². The van der Waals surface area contributed by atoms with Gasteiger partial charge in [-0.3, -0.25) is 4.79 Å². The molecule has 0 saturated carbocycles. The highest BCUT2D eigenvalue weighted by Crippen LogP contribution is 2.31. The van der Waals surface area contributed by atoms with Crippen molar-refractivity contribution in [2.45, 2.75) is 12.7 Å². The summed E-state index contributed by atoms with van der Waals surface area (Å²) in [5, 5.41) is 0. The first-order chi connectivity index (χ1) is 9.82. The van der Waals surface area contributed by atoms with Crippen LogP contribution < -0.4 is 5.73 Å². The van der Waals surface area contributed by atoms with Crippen molar-refractivity contribution in [3.05, 3.63) is 53.4 Å². The molecule has 4 nitrogen and oxygen atoms in total. The van der Waals surface area contributed by atoms with E-state index in [2.05, 4.69) is 4.98 Å². The SMILES string of the molecule is NCCn1cnc(C(=O)c2ccc(C(F)(F)F)c(F)c2)c1. The van der Waals surface area contributed by atoms with E-state index in [1.807, 2.05) is 0 Å². The number of carbonyl (C=O) groups excluding carboxylic acids is 1. The van der Waals surface area contributed by atoms with Gasteiger partial charge in [0, 0.05) is 24.8 Å². The highest BCUT2D eigenvalue weighted by Gasteiger charge is 2.34. The summed E-state index contributed by atoms with van der Waals surface area (Å²) in [6.07, 6.45) is -2.01. The minimum Gasteiger partial charge on any atom is -0.335 e. The molecule has 0 unspecified atom stereocenters. The number of alkyl halides is 3. The number of hydrogen-bond donors (Lipinski definition) is 1. The monoisotopic (exact) mass is 301 g/mol. The highest BCUT2D eigenvalue weighted by molar-refractivity contribution is 6.07. The number of nitrogens with zero attached hydrogens (tertiary/aromatic N) is 2. The summed E-state index contributed by atoms with van der Waals surface area (Å²) in [7, 11) is 0. The molecule has 0 amide bonds. The number of nitrogens with two attached hydrogens (primary N) is 1. The van der Waals surface area contributed by atoms with Crippen molar-refractivity contribution in [3.63, 3.8) is 0 Å². The number of ketones is 1. The molecule has 0 bridgehead atoms. The molecule has 0 atom stereocenters. The van der Waals surface area contributed by atoms with E-state index in [1.165, 1.54) is 12.5 Å². The molecular weight excluding hydrogens is 290 g/mol. The molecule has 0 aliphatic rings. The lowest BCUT2D eigenvalue weighted by Crippen LogP contribution is -2.10. The number of benzene rings is 1. The van der Waals surface area contributed by atoms with Gasteiger partial charge in [-0.1, -0.05) is 6.07 Å². The van der Waals surface area contributed by atoms with Crippen LogP contribution >= 0.6 is 0 Å². The third-order valence-corrected chi connectivity index (χ3v) is 2.79. The minimum atomic E-state index is -4.80. The lowest BCUT2D eigenvalue weighted by atomic mass is 10.1. The van der Waals surface area contributed by atoms with Gasteiger partial charge in [-0.25, -0.2) is 9.37 Å². The number of rotatable bonds is 4. The molecule has 21 heavy (non-hydrogen) atoms. The quantitative estimate of drug-likeness (QED) is 0.696. The molecule has 2 N–H and O–H groups in total. The molecule has 2 rings (SSSR count). The summed E-state index contributed by atoms with van der Waals surface area (Å²) in [6, 6.07) is 2.03. The zero-order chi connectivity index (χ0) is 15.6. The van der Waals surface area contributed by atoms with E-state index >= 15 is 0 Å². The molecule has 1 aromatic heterocycles. The van der Waals surface area contributed by atoms with Crippen molar-refractivity contribution in [1.82, 2.24) is 9.55 Å². The summed E-state index contributed by atoms with van der Waals surface area (Å²) in [6.45, 7) is 0.792. The lowest BCUT2D eigenvalue weighted by Gasteiger charge is -2.08. The second-order valence-corrected chi connectivity index (χ2v) is 4.31. The van der Waals surface area contributed by atoms with Gasteiger partial charge in [0.05, 0.1) is 11.9 Å².